The Balaban J connectivity index is 1.60. The van der Waals surface area contributed by atoms with E-state index >= 15 is 0 Å². The van der Waals surface area contributed by atoms with Gasteiger partial charge < -0.3 is 10.1 Å². The molecule has 20 heavy (non-hydrogen) atoms. The summed E-state index contributed by atoms with van der Waals surface area (Å²) < 4.78 is 6.12. The number of hydrogen-bond donors (Lipinski definition) is 1. The molecule has 0 aromatic heterocycles. The molecule has 1 N–H and O–H groups in total. The zero-order valence-corrected chi connectivity index (χ0v) is 13.0. The van der Waals surface area contributed by atoms with Crippen LogP contribution in [0.2, 0.25) is 0 Å². The smallest absolute Gasteiger partial charge is 0.122 e. The third-order valence-corrected chi connectivity index (χ3v) is 5.47. The number of aryl methyl sites for hydroxylation is 1. The molecule has 0 aliphatic heterocycles. The molecule has 1 aromatic carbocycles. The monoisotopic (exact) mass is 273 g/mol. The van der Waals surface area contributed by atoms with Crippen molar-refractivity contribution in [1.82, 2.24) is 5.32 Å². The number of hydrogen-bond acceptors (Lipinski definition) is 2. The fourth-order valence-corrected chi connectivity index (χ4v) is 4.05. The van der Waals surface area contributed by atoms with Gasteiger partial charge in [-0.25, -0.2) is 0 Å². The zero-order chi connectivity index (χ0) is 14.1. The van der Waals surface area contributed by atoms with E-state index < -0.39 is 0 Å². The van der Waals surface area contributed by atoms with Crippen LogP contribution in [0.3, 0.4) is 0 Å². The van der Waals surface area contributed by atoms with E-state index in [9.17, 15) is 0 Å². The third kappa shape index (κ3) is 2.71. The highest BCUT2D eigenvalue weighted by atomic mass is 16.5. The maximum absolute atomic E-state index is 6.12. The van der Waals surface area contributed by atoms with Gasteiger partial charge in [0.05, 0.1) is 6.61 Å². The van der Waals surface area contributed by atoms with Crippen molar-refractivity contribution in [3.63, 3.8) is 0 Å². The number of benzene rings is 1. The van der Waals surface area contributed by atoms with Gasteiger partial charge in [-0.15, -0.1) is 0 Å². The second-order valence-electron chi connectivity index (χ2n) is 6.78. The minimum absolute atomic E-state index is 0.397. The van der Waals surface area contributed by atoms with E-state index in [0.717, 1.165) is 30.1 Å². The van der Waals surface area contributed by atoms with Crippen LogP contribution >= 0.6 is 0 Å². The molecule has 0 heterocycles. The Bertz CT molecular complexity index is 470. The fourth-order valence-electron chi connectivity index (χ4n) is 4.05. The van der Waals surface area contributed by atoms with Crippen molar-refractivity contribution in [3.8, 4) is 5.75 Å². The van der Waals surface area contributed by atoms with Gasteiger partial charge in [0.25, 0.3) is 0 Å². The largest absolute Gasteiger partial charge is 0.493 e. The predicted molar refractivity (Wildman–Crippen MR) is 83.1 cm³/mol. The van der Waals surface area contributed by atoms with E-state index in [1.54, 1.807) is 0 Å². The van der Waals surface area contributed by atoms with Gasteiger partial charge in [-0.05, 0) is 75.1 Å². The topological polar surface area (TPSA) is 21.3 Å². The van der Waals surface area contributed by atoms with Crippen LogP contribution in [-0.2, 0) is 0 Å². The van der Waals surface area contributed by atoms with Crippen molar-refractivity contribution >= 4 is 0 Å². The molecule has 1 aromatic rings. The lowest BCUT2D eigenvalue weighted by Gasteiger charge is -2.22. The minimum Gasteiger partial charge on any atom is -0.493 e. The molecule has 0 amide bonds. The van der Waals surface area contributed by atoms with Gasteiger partial charge in [0.1, 0.15) is 5.75 Å². The fraction of sp³-hybridized carbons (Fsp3) is 0.667. The van der Waals surface area contributed by atoms with E-state index in [0.29, 0.717) is 6.04 Å². The molecule has 0 saturated heterocycles. The summed E-state index contributed by atoms with van der Waals surface area (Å²) in [6.45, 7) is 5.26. The average Bonchev–Trinajstić information content (AvgIpc) is 3.07. The molecule has 2 heteroatoms. The highest BCUT2D eigenvalue weighted by Crippen LogP contribution is 2.48. The van der Waals surface area contributed by atoms with E-state index in [4.69, 9.17) is 4.74 Å². The van der Waals surface area contributed by atoms with Crippen LogP contribution in [0.25, 0.3) is 0 Å². The first-order chi connectivity index (χ1) is 9.67. The number of rotatable bonds is 5. The maximum Gasteiger partial charge on any atom is 0.122 e. The summed E-state index contributed by atoms with van der Waals surface area (Å²) in [5.74, 6) is 3.83. The molecule has 4 unspecified atom stereocenters. The standard InChI is InChI=1S/C18H27NO/c1-12-8-15(13(2)19-3)6-7-18(12)20-11-17-10-14-4-5-16(17)9-14/h6-8,13-14,16-17,19H,4-5,9-11H2,1-3H3. The van der Waals surface area contributed by atoms with E-state index in [1.165, 1.54) is 36.8 Å². The predicted octanol–water partition coefficient (Wildman–Crippen LogP) is 4.09. The maximum atomic E-state index is 6.12. The number of nitrogens with one attached hydrogen (secondary N) is 1. The van der Waals surface area contributed by atoms with Gasteiger partial charge in [0.15, 0.2) is 0 Å². The molecule has 3 rings (SSSR count). The average molecular weight is 273 g/mol. The second-order valence-corrected chi connectivity index (χ2v) is 6.78. The van der Waals surface area contributed by atoms with Crippen LogP contribution in [0.1, 0.15) is 49.8 Å². The Labute approximate surface area is 122 Å². The quantitative estimate of drug-likeness (QED) is 0.872. The van der Waals surface area contributed by atoms with Crippen LogP contribution in [0.5, 0.6) is 5.75 Å². The van der Waals surface area contributed by atoms with Crippen molar-refractivity contribution in [2.24, 2.45) is 17.8 Å². The summed E-state index contributed by atoms with van der Waals surface area (Å²) >= 11 is 0. The van der Waals surface area contributed by atoms with Gasteiger partial charge in [-0.1, -0.05) is 18.6 Å². The Morgan fingerprint density at radius 1 is 1.30 bits per heavy atom. The van der Waals surface area contributed by atoms with Crippen LogP contribution in [0.15, 0.2) is 18.2 Å². The number of fused-ring (bicyclic) bond motifs is 2. The lowest BCUT2D eigenvalue weighted by atomic mass is 9.89. The molecular weight excluding hydrogens is 246 g/mol. The summed E-state index contributed by atoms with van der Waals surface area (Å²) in [6, 6.07) is 6.97. The highest BCUT2D eigenvalue weighted by molar-refractivity contribution is 5.37. The molecule has 0 radical (unpaired) electrons. The molecule has 2 bridgehead atoms. The normalized spacial score (nSPS) is 29.6. The number of ether oxygens (including phenoxy) is 1. The molecule has 4 atom stereocenters. The summed E-state index contributed by atoms with van der Waals surface area (Å²) in [7, 11) is 2.00. The molecule has 110 valence electrons. The second kappa shape index (κ2) is 5.77. The first-order valence-corrected chi connectivity index (χ1v) is 8.08. The van der Waals surface area contributed by atoms with Gasteiger partial charge in [-0.3, -0.25) is 0 Å². The Morgan fingerprint density at radius 3 is 2.75 bits per heavy atom. The zero-order valence-electron chi connectivity index (χ0n) is 13.0. The Morgan fingerprint density at radius 2 is 2.15 bits per heavy atom. The highest BCUT2D eigenvalue weighted by Gasteiger charge is 2.39. The van der Waals surface area contributed by atoms with Crippen molar-refractivity contribution < 1.29 is 4.74 Å². The van der Waals surface area contributed by atoms with Gasteiger partial charge >= 0.3 is 0 Å². The van der Waals surface area contributed by atoms with Crippen molar-refractivity contribution in [2.75, 3.05) is 13.7 Å². The summed E-state index contributed by atoms with van der Waals surface area (Å²) in [6.07, 6.45) is 5.78. The molecule has 2 nitrogen and oxygen atoms in total. The Kier molecular flexibility index (Phi) is 4.02. The minimum atomic E-state index is 0.397. The van der Waals surface area contributed by atoms with E-state index in [-0.39, 0.29) is 0 Å². The lowest BCUT2D eigenvalue weighted by Crippen LogP contribution is -2.19. The summed E-state index contributed by atoms with van der Waals surface area (Å²) in [5.41, 5.74) is 2.59. The first kappa shape index (κ1) is 13.9. The van der Waals surface area contributed by atoms with Crippen LogP contribution in [-0.4, -0.2) is 13.7 Å². The lowest BCUT2D eigenvalue weighted by molar-refractivity contribution is 0.194. The summed E-state index contributed by atoms with van der Waals surface area (Å²) in [4.78, 5) is 0. The van der Waals surface area contributed by atoms with E-state index in [2.05, 4.69) is 37.4 Å². The van der Waals surface area contributed by atoms with E-state index in [1.807, 2.05) is 7.05 Å². The SMILES string of the molecule is CNC(C)c1ccc(OCC2CC3CCC2C3)c(C)c1. The molecule has 0 spiro atoms. The molecule has 2 aliphatic carbocycles. The van der Waals surface area contributed by atoms with Crippen LogP contribution < -0.4 is 10.1 Å². The van der Waals surface area contributed by atoms with Gasteiger partial charge in [0, 0.05) is 6.04 Å². The first-order valence-electron chi connectivity index (χ1n) is 8.08. The molecule has 2 aliphatic rings. The van der Waals surface area contributed by atoms with Crippen LogP contribution in [0, 0.1) is 24.7 Å². The Hall–Kier alpha value is -1.02. The molecular formula is C18H27NO. The van der Waals surface area contributed by atoms with Crippen molar-refractivity contribution in [1.29, 1.82) is 0 Å². The van der Waals surface area contributed by atoms with Gasteiger partial charge in [-0.2, -0.15) is 0 Å². The molecule has 2 fully saturated rings. The summed E-state index contributed by atoms with van der Waals surface area (Å²) in [5, 5.41) is 3.28. The van der Waals surface area contributed by atoms with Crippen LogP contribution in [0.4, 0.5) is 0 Å². The molecule has 2 saturated carbocycles. The third-order valence-electron chi connectivity index (χ3n) is 5.47. The van der Waals surface area contributed by atoms with Gasteiger partial charge in [0.2, 0.25) is 0 Å². The van der Waals surface area contributed by atoms with Crippen molar-refractivity contribution in [3.05, 3.63) is 29.3 Å². The van der Waals surface area contributed by atoms with Crippen molar-refractivity contribution in [2.45, 2.75) is 45.6 Å².